The Morgan fingerprint density at radius 3 is 2.23 bits per heavy atom. The van der Waals surface area contributed by atoms with Gasteiger partial charge >= 0.3 is 6.09 Å². The lowest BCUT2D eigenvalue weighted by molar-refractivity contribution is -0.256. The van der Waals surface area contributed by atoms with Crippen LogP contribution in [0.1, 0.15) is 143 Å². The summed E-state index contributed by atoms with van der Waals surface area (Å²) < 4.78 is 46.9. The third kappa shape index (κ3) is 13.6. The van der Waals surface area contributed by atoms with Gasteiger partial charge in [-0.05, 0) is 104 Å². The van der Waals surface area contributed by atoms with E-state index in [0.29, 0.717) is 52.7 Å². The molecule has 1 saturated carbocycles. The van der Waals surface area contributed by atoms with Gasteiger partial charge in [-0.2, -0.15) is 0 Å². The number of allylic oxidation sites excluding steroid dienone is 1. The molecule has 0 unspecified atom stereocenters. The van der Waals surface area contributed by atoms with Crippen molar-refractivity contribution in [2.45, 2.75) is 140 Å². The second-order valence-electron chi connectivity index (χ2n) is 18.6. The summed E-state index contributed by atoms with van der Waals surface area (Å²) in [5.41, 5.74) is 3.44. The molecule has 3 aromatic rings. The van der Waals surface area contributed by atoms with Crippen molar-refractivity contribution in [3.8, 4) is 23.0 Å². The first-order valence-electron chi connectivity index (χ1n) is 25.4. The number of amides is 1. The van der Waals surface area contributed by atoms with Gasteiger partial charge in [-0.15, -0.1) is 6.58 Å². The van der Waals surface area contributed by atoms with Crippen LogP contribution in [0.2, 0.25) is 0 Å². The summed E-state index contributed by atoms with van der Waals surface area (Å²) in [6, 6.07) is 16.0. The van der Waals surface area contributed by atoms with Crippen LogP contribution in [0.5, 0.6) is 23.0 Å². The predicted molar refractivity (Wildman–Crippen MR) is 266 cm³/mol. The van der Waals surface area contributed by atoms with Gasteiger partial charge < -0.3 is 38.7 Å². The second-order valence-corrected chi connectivity index (χ2v) is 18.6. The number of carbonyl (C=O) groups excluding carboxylic acids is 2. The number of aldehydes is 1. The second kappa shape index (κ2) is 27.2. The number of rotatable bonds is 30. The number of unbranched alkanes of at least 4 members (excludes halogenated alkanes) is 11. The number of hydrogen-bond donors (Lipinski definition) is 2. The zero-order chi connectivity index (χ0) is 49.0. The Hall–Kier alpha value is -5.24. The van der Waals surface area contributed by atoms with E-state index in [1.807, 2.05) is 18.2 Å². The molecule has 1 fully saturated rings. The van der Waals surface area contributed by atoms with Gasteiger partial charge in [-0.25, -0.2) is 9.18 Å². The molecule has 1 amide bonds. The van der Waals surface area contributed by atoms with Crippen molar-refractivity contribution in [1.82, 2.24) is 4.90 Å². The minimum atomic E-state index is -1.52. The minimum absolute atomic E-state index is 0.0207. The van der Waals surface area contributed by atoms with Gasteiger partial charge in [0, 0.05) is 37.7 Å². The summed E-state index contributed by atoms with van der Waals surface area (Å²) in [5.74, 6) is -0.822. The number of fused-ring (bicyclic) bond motifs is 2. The van der Waals surface area contributed by atoms with Gasteiger partial charge in [-0.1, -0.05) is 107 Å². The minimum Gasteiger partial charge on any atom is -0.496 e. The summed E-state index contributed by atoms with van der Waals surface area (Å²) in [5, 5.41) is 24.6. The van der Waals surface area contributed by atoms with Crippen molar-refractivity contribution < 1.29 is 52.7 Å². The summed E-state index contributed by atoms with van der Waals surface area (Å²) in [6.45, 7) is 6.78. The molecule has 376 valence electrons. The number of carbonyl (C=O) groups is 2. The van der Waals surface area contributed by atoms with Crippen molar-refractivity contribution in [3.05, 3.63) is 107 Å². The van der Waals surface area contributed by atoms with E-state index in [1.54, 1.807) is 41.3 Å². The van der Waals surface area contributed by atoms with Gasteiger partial charge in [-0.3, -0.25) is 9.69 Å². The average Bonchev–Trinajstić information content (AvgIpc) is 3.36. The molecule has 6 rings (SSSR count). The normalized spacial score (nSPS) is 21.9. The smallest absolute Gasteiger partial charge is 0.410 e. The average molecular weight is 955 g/mol. The number of nitrogens with zero attached hydrogens (tertiary/aromatic N) is 2. The highest BCUT2D eigenvalue weighted by molar-refractivity contribution is 6.03. The highest BCUT2D eigenvalue weighted by Gasteiger charge is 2.65. The molecule has 1 aliphatic heterocycles. The number of oxime groups is 1. The fraction of sp³-hybridized carbons (Fsp3) is 0.554. The highest BCUT2D eigenvalue weighted by atomic mass is 19.1. The Bertz CT molecular complexity index is 2160. The van der Waals surface area contributed by atoms with Crippen LogP contribution in [-0.4, -0.2) is 85.7 Å². The number of hydrogen-bond acceptors (Lipinski definition) is 11. The van der Waals surface area contributed by atoms with E-state index in [4.69, 9.17) is 33.7 Å². The summed E-state index contributed by atoms with van der Waals surface area (Å²) in [4.78, 5) is 34.2. The molecule has 0 bridgehead atoms. The van der Waals surface area contributed by atoms with E-state index < -0.39 is 23.8 Å². The molecule has 2 aliphatic carbocycles. The Balaban J connectivity index is 1.45. The molecule has 0 radical (unpaired) electrons. The number of ether oxygens (including phenoxy) is 5. The topological polar surface area (TPSA) is 146 Å². The van der Waals surface area contributed by atoms with Crippen molar-refractivity contribution in [2.24, 2.45) is 22.9 Å². The molecule has 3 aromatic carbocycles. The molecule has 2 N–H and O–H groups in total. The fourth-order valence-electron chi connectivity index (χ4n) is 10.7. The lowest BCUT2D eigenvalue weighted by Crippen LogP contribution is -2.70. The van der Waals surface area contributed by atoms with Crippen LogP contribution in [0, 0.1) is 23.6 Å². The van der Waals surface area contributed by atoms with Crippen LogP contribution >= 0.6 is 0 Å². The van der Waals surface area contributed by atoms with Crippen molar-refractivity contribution in [1.29, 1.82) is 0 Å². The molecule has 3 aliphatic rings. The van der Waals surface area contributed by atoms with E-state index in [0.717, 1.165) is 68.8 Å². The van der Waals surface area contributed by atoms with Gasteiger partial charge in [0.05, 0.1) is 37.5 Å². The maximum absolute atomic E-state index is 14.9. The molecule has 6 atom stereocenters. The summed E-state index contributed by atoms with van der Waals surface area (Å²) in [6.07, 6.45) is 20.1. The van der Waals surface area contributed by atoms with E-state index in [2.05, 4.69) is 19.6 Å². The fourth-order valence-corrected chi connectivity index (χ4v) is 10.7. The first-order valence-corrected chi connectivity index (χ1v) is 25.4. The standard InChI is InChI=1S/C56H75FN2O10/c1-5-7-8-9-10-11-12-13-14-19-33-66-55(63)59(38-40-22-24-43(57)25-23-40)52-37-49(58-65-4)47-35-41(20-15-17-30-60)46(21-16-18-31-61)53-48-36-45(68-44-26-28-50(64-3)42(34-44)39-62)27-29-51(48)69-56(52,54(47)53)67-32-6-2/h6,22-29,34-36,39,41,46,52-54,60-61H,2,5,7-21,30-33,37-38H2,1,3-4H3/t41-,46+,52-,53+,54+,56+/m0/s1. The Labute approximate surface area is 408 Å². The van der Waals surface area contributed by atoms with Crippen molar-refractivity contribution in [2.75, 3.05) is 40.6 Å². The molecular weight excluding hydrogens is 880 g/mol. The SMILES string of the molecule is C=CCO[C@@]12Oc3ccc(Oc4ccc(OC)c(C=O)c4)cc3[C@H]3[C@H](CCCCO)[C@@H](CCCCO)C=C(C(=NOC)C[C@@H]1N(Cc1ccc(F)cc1)C(=O)OCCCCCCCCCCCC)[C@H]32. The van der Waals surface area contributed by atoms with Crippen LogP contribution in [0.15, 0.2) is 90.1 Å². The maximum atomic E-state index is 14.9. The lowest BCUT2D eigenvalue weighted by atomic mass is 9.55. The monoisotopic (exact) mass is 955 g/mol. The number of aliphatic hydroxyl groups excluding tert-OH is 2. The molecule has 0 spiro atoms. The van der Waals surface area contributed by atoms with Crippen LogP contribution in [0.25, 0.3) is 0 Å². The Kier molecular flexibility index (Phi) is 21.0. The van der Waals surface area contributed by atoms with Gasteiger partial charge in [0.1, 0.15) is 42.0 Å². The van der Waals surface area contributed by atoms with Gasteiger partial charge in [0.2, 0.25) is 5.79 Å². The van der Waals surface area contributed by atoms with Crippen LogP contribution < -0.4 is 14.2 Å². The lowest BCUT2D eigenvalue weighted by Gasteiger charge is -2.59. The van der Waals surface area contributed by atoms with Gasteiger partial charge in [0.15, 0.2) is 6.29 Å². The third-order valence-corrected chi connectivity index (χ3v) is 14.0. The van der Waals surface area contributed by atoms with Crippen molar-refractivity contribution in [3.63, 3.8) is 0 Å². The van der Waals surface area contributed by atoms with E-state index in [1.165, 1.54) is 64.9 Å². The van der Waals surface area contributed by atoms with E-state index >= 15 is 0 Å². The van der Waals surface area contributed by atoms with Crippen LogP contribution in [0.4, 0.5) is 9.18 Å². The first-order chi connectivity index (χ1) is 33.7. The number of aliphatic hydroxyl groups is 2. The molecule has 0 saturated heterocycles. The third-order valence-electron chi connectivity index (χ3n) is 14.0. The summed E-state index contributed by atoms with van der Waals surface area (Å²) in [7, 11) is 3.02. The molecule has 12 nitrogen and oxygen atoms in total. The highest BCUT2D eigenvalue weighted by Crippen LogP contribution is 2.62. The van der Waals surface area contributed by atoms with Gasteiger partial charge in [0.25, 0.3) is 0 Å². The Morgan fingerprint density at radius 2 is 1.57 bits per heavy atom. The number of halogens is 1. The number of methoxy groups -OCH3 is 1. The van der Waals surface area contributed by atoms with Crippen LogP contribution in [-0.2, 0) is 20.9 Å². The quantitative estimate of drug-likeness (QED) is 0.0287. The predicted octanol–water partition coefficient (Wildman–Crippen LogP) is 12.3. The molecule has 1 heterocycles. The maximum Gasteiger partial charge on any atom is 0.410 e. The Morgan fingerprint density at radius 1 is 0.884 bits per heavy atom. The molecule has 13 heteroatoms. The first kappa shape index (κ1) is 53.1. The molecular formula is C56H75FN2O10. The zero-order valence-corrected chi connectivity index (χ0v) is 41.1. The molecule has 69 heavy (non-hydrogen) atoms. The van der Waals surface area contributed by atoms with E-state index in [9.17, 15) is 24.2 Å². The largest absolute Gasteiger partial charge is 0.496 e. The zero-order valence-electron chi connectivity index (χ0n) is 41.1. The van der Waals surface area contributed by atoms with Crippen molar-refractivity contribution >= 4 is 18.1 Å². The molecule has 0 aromatic heterocycles. The van der Waals surface area contributed by atoms with E-state index in [-0.39, 0.29) is 63.0 Å². The number of benzene rings is 3. The summed E-state index contributed by atoms with van der Waals surface area (Å²) >= 11 is 0. The van der Waals surface area contributed by atoms with Crippen LogP contribution in [0.3, 0.4) is 0 Å².